The van der Waals surface area contributed by atoms with Crippen LogP contribution in [0.2, 0.25) is 0 Å². The van der Waals surface area contributed by atoms with Gasteiger partial charge in [-0.25, -0.2) is 16.8 Å². The minimum absolute atomic E-state index is 0.189. The quantitative estimate of drug-likeness (QED) is 0.329. The number of hydrogen-bond donors (Lipinski definition) is 0. The van der Waals surface area contributed by atoms with E-state index in [4.69, 9.17) is 0 Å². The molecule has 1 saturated carbocycles. The van der Waals surface area contributed by atoms with Gasteiger partial charge < -0.3 is 5.53 Å². The Morgan fingerprint density at radius 1 is 0.926 bits per heavy atom. The molecule has 0 N–H and O–H groups in total. The van der Waals surface area contributed by atoms with Crippen LogP contribution >= 0.6 is 0 Å². The molecule has 8 heteroatoms. The van der Waals surface area contributed by atoms with Gasteiger partial charge in [0.25, 0.3) is 19.7 Å². The fraction of sp³-hybridized carbons (Fsp3) is 0.421. The van der Waals surface area contributed by atoms with Crippen molar-refractivity contribution in [2.24, 2.45) is 0 Å². The van der Waals surface area contributed by atoms with E-state index in [9.17, 15) is 22.4 Å². The van der Waals surface area contributed by atoms with Crippen molar-refractivity contribution in [3.05, 3.63) is 47.0 Å². The second-order valence-corrected chi connectivity index (χ2v) is 11.4. The summed E-state index contributed by atoms with van der Waals surface area (Å²) in [5.41, 5.74) is 11.4. The van der Waals surface area contributed by atoms with E-state index in [-0.39, 0.29) is 4.90 Å². The Balaban J connectivity index is 2.10. The molecule has 6 nitrogen and oxygen atoms in total. The van der Waals surface area contributed by atoms with E-state index in [0.29, 0.717) is 18.2 Å². The van der Waals surface area contributed by atoms with Crippen molar-refractivity contribution in [3.8, 4) is 0 Å². The molecule has 0 aromatic heterocycles. The van der Waals surface area contributed by atoms with Gasteiger partial charge in [0.05, 0.1) is 10.1 Å². The third-order valence-corrected chi connectivity index (χ3v) is 9.97. The third kappa shape index (κ3) is 3.57. The minimum atomic E-state index is -4.46. The maximum Gasteiger partial charge on any atom is 0.499 e. The van der Waals surface area contributed by atoms with Crippen LogP contribution in [0.4, 0.5) is 0 Å². The highest BCUT2D eigenvalue weighted by molar-refractivity contribution is 8.31. The van der Waals surface area contributed by atoms with Crippen LogP contribution in [0.3, 0.4) is 0 Å². The summed E-state index contributed by atoms with van der Waals surface area (Å²) in [7, 11) is -8.70. The lowest BCUT2D eigenvalue weighted by Gasteiger charge is -2.19. The average molecular weight is 407 g/mol. The largest absolute Gasteiger partial charge is 0.499 e. The van der Waals surface area contributed by atoms with Gasteiger partial charge >= 0.3 is 4.38 Å². The summed E-state index contributed by atoms with van der Waals surface area (Å²) >= 11 is 0. The SMILES string of the molecule is Cc1cc2ccc(S(=O)(=O)C(=[N+]=[N-])S(=O)(=O)C3CCCCC3)cc2cc1C. The van der Waals surface area contributed by atoms with Crippen molar-refractivity contribution in [1.29, 1.82) is 0 Å². The predicted octanol–water partition coefficient (Wildman–Crippen LogP) is 3.56. The molecule has 27 heavy (non-hydrogen) atoms. The van der Waals surface area contributed by atoms with Gasteiger partial charge in [-0.3, -0.25) is 0 Å². The van der Waals surface area contributed by atoms with Crippen molar-refractivity contribution in [2.75, 3.05) is 0 Å². The minimum Gasteiger partial charge on any atom is -0.359 e. The molecule has 1 fully saturated rings. The Kier molecular flexibility index (Phi) is 5.25. The van der Waals surface area contributed by atoms with Crippen LogP contribution in [0, 0.1) is 13.8 Å². The Bertz CT molecular complexity index is 1160. The molecule has 0 aliphatic heterocycles. The lowest BCUT2D eigenvalue weighted by molar-refractivity contribution is 0.00370. The maximum atomic E-state index is 13.0. The monoisotopic (exact) mass is 406 g/mol. The predicted molar refractivity (Wildman–Crippen MR) is 105 cm³/mol. The summed E-state index contributed by atoms with van der Waals surface area (Å²) in [4.78, 5) is 2.55. The smallest absolute Gasteiger partial charge is 0.359 e. The van der Waals surface area contributed by atoms with Crippen LogP contribution in [-0.2, 0) is 19.7 Å². The molecule has 2 aromatic carbocycles. The molecular formula is C19H22N2O4S2. The average Bonchev–Trinajstić information content (AvgIpc) is 2.63. The molecule has 0 heterocycles. The highest BCUT2D eigenvalue weighted by atomic mass is 32.3. The van der Waals surface area contributed by atoms with Gasteiger partial charge in [0.15, 0.2) is 0 Å². The van der Waals surface area contributed by atoms with Crippen LogP contribution in [0.5, 0.6) is 0 Å². The summed E-state index contributed by atoms with van der Waals surface area (Å²) in [5, 5.41) is 0.721. The molecule has 144 valence electrons. The summed E-state index contributed by atoms with van der Waals surface area (Å²) in [5.74, 6) is 0. The lowest BCUT2D eigenvalue weighted by Crippen LogP contribution is -2.35. The topological polar surface area (TPSA) is 105 Å². The Morgan fingerprint density at radius 2 is 1.52 bits per heavy atom. The van der Waals surface area contributed by atoms with Crippen LogP contribution in [0.1, 0.15) is 43.2 Å². The first kappa shape index (κ1) is 19.7. The van der Waals surface area contributed by atoms with Gasteiger partial charge in [-0.2, -0.15) is 0 Å². The fourth-order valence-corrected chi connectivity index (χ4v) is 7.66. The van der Waals surface area contributed by atoms with E-state index in [2.05, 4.69) is 4.79 Å². The summed E-state index contributed by atoms with van der Waals surface area (Å²) in [6.45, 7) is 3.89. The first-order valence-electron chi connectivity index (χ1n) is 8.90. The summed E-state index contributed by atoms with van der Waals surface area (Å²) in [6, 6.07) is 8.22. The molecule has 0 bridgehead atoms. The Morgan fingerprint density at radius 3 is 2.11 bits per heavy atom. The van der Waals surface area contributed by atoms with Gasteiger partial charge in [-0.15, -0.1) is 4.79 Å². The fourth-order valence-electron chi connectivity index (χ4n) is 3.55. The molecule has 0 atom stereocenters. The molecule has 3 rings (SSSR count). The van der Waals surface area contributed by atoms with Gasteiger partial charge in [0.1, 0.15) is 0 Å². The lowest BCUT2D eigenvalue weighted by atomic mass is 10.0. The third-order valence-electron chi connectivity index (χ3n) is 5.28. The van der Waals surface area contributed by atoms with Crippen LogP contribution in [0.25, 0.3) is 16.3 Å². The number of aryl methyl sites for hydroxylation is 2. The van der Waals surface area contributed by atoms with E-state index < -0.39 is 29.3 Å². The molecule has 0 radical (unpaired) electrons. The van der Waals surface area contributed by atoms with Gasteiger partial charge in [-0.05, 0) is 60.7 Å². The van der Waals surface area contributed by atoms with E-state index in [1.165, 1.54) is 12.1 Å². The second kappa shape index (κ2) is 7.19. The molecule has 1 aliphatic rings. The van der Waals surface area contributed by atoms with Gasteiger partial charge in [0.2, 0.25) is 0 Å². The van der Waals surface area contributed by atoms with Crippen LogP contribution < -0.4 is 0 Å². The standard InChI is InChI=1S/C19H22N2O4S2/c1-13-10-15-8-9-18(12-16(15)11-14(13)2)27(24,25)19(21-20)26(22,23)17-6-4-3-5-7-17/h8-12,17H,3-7H2,1-2H3. The molecule has 0 unspecified atom stereocenters. The van der Waals surface area contributed by atoms with Crippen molar-refractivity contribution >= 4 is 34.8 Å². The molecular weight excluding hydrogens is 384 g/mol. The van der Waals surface area contributed by atoms with Gasteiger partial charge in [0, 0.05) is 0 Å². The summed E-state index contributed by atoms with van der Waals surface area (Å²) < 4.78 is 50.5. The first-order chi connectivity index (χ1) is 12.7. The zero-order valence-electron chi connectivity index (χ0n) is 15.3. The normalized spacial score (nSPS) is 16.2. The highest BCUT2D eigenvalue weighted by Crippen LogP contribution is 2.29. The zero-order valence-corrected chi connectivity index (χ0v) is 17.0. The molecule has 0 amide bonds. The number of fused-ring (bicyclic) bond motifs is 1. The number of sulfone groups is 2. The van der Waals surface area contributed by atoms with E-state index in [1.807, 2.05) is 26.0 Å². The second-order valence-electron chi connectivity index (χ2n) is 7.12. The molecule has 2 aromatic rings. The number of rotatable bonds is 2. The zero-order chi connectivity index (χ0) is 19.8. The van der Waals surface area contributed by atoms with Crippen LogP contribution in [0.15, 0.2) is 35.2 Å². The number of benzene rings is 2. The number of nitrogens with zero attached hydrogens (tertiary/aromatic N) is 2. The summed E-state index contributed by atoms with van der Waals surface area (Å²) in [6.07, 6.45) is 3.13. The molecule has 0 saturated heterocycles. The van der Waals surface area contributed by atoms with E-state index in [1.54, 1.807) is 6.07 Å². The van der Waals surface area contributed by atoms with Crippen molar-refractivity contribution in [2.45, 2.75) is 56.1 Å². The number of hydrogen-bond acceptors (Lipinski definition) is 4. The first-order valence-corrected chi connectivity index (χ1v) is 11.9. The van der Waals surface area contributed by atoms with Crippen molar-refractivity contribution in [1.82, 2.24) is 0 Å². The van der Waals surface area contributed by atoms with Crippen molar-refractivity contribution < 1.29 is 21.6 Å². The Hall–Kier alpha value is -2.02. The van der Waals surface area contributed by atoms with E-state index in [0.717, 1.165) is 35.8 Å². The van der Waals surface area contributed by atoms with Gasteiger partial charge in [-0.1, -0.05) is 37.5 Å². The molecule has 1 aliphatic carbocycles. The Labute approximate surface area is 159 Å². The van der Waals surface area contributed by atoms with E-state index >= 15 is 0 Å². The highest BCUT2D eigenvalue weighted by Gasteiger charge is 2.47. The maximum absolute atomic E-state index is 13.0. The molecule has 0 spiro atoms. The van der Waals surface area contributed by atoms with Crippen molar-refractivity contribution in [3.63, 3.8) is 0 Å². The van der Waals surface area contributed by atoms with Crippen LogP contribution in [-0.4, -0.2) is 31.3 Å².